The second-order valence-electron chi connectivity index (χ2n) is 1.43. The third-order valence-corrected chi connectivity index (χ3v) is 0.779. The Morgan fingerprint density at radius 3 is 2.88 bits per heavy atom. The van der Waals surface area contributed by atoms with E-state index in [-0.39, 0.29) is 6.42 Å². The number of halogens is 1. The molecule has 8 heavy (non-hydrogen) atoms. The molecule has 1 rings (SSSR count). The van der Waals surface area contributed by atoms with Crippen molar-refractivity contribution in [1.29, 1.82) is 0 Å². The van der Waals surface area contributed by atoms with Crippen molar-refractivity contribution >= 4 is 11.9 Å². The van der Waals surface area contributed by atoms with Crippen molar-refractivity contribution in [3.8, 4) is 0 Å². The van der Waals surface area contributed by atoms with E-state index in [0.717, 1.165) is 0 Å². The van der Waals surface area contributed by atoms with Gasteiger partial charge in [-0.25, -0.2) is 0 Å². The molecular formula is C5H4FNO. The molecule has 0 aromatic heterocycles. The highest BCUT2D eigenvalue weighted by atomic mass is 19.1. The summed E-state index contributed by atoms with van der Waals surface area (Å²) in [4.78, 5) is 13.2. The van der Waals surface area contributed by atoms with Gasteiger partial charge in [0.05, 0.1) is 0 Å². The van der Waals surface area contributed by atoms with E-state index >= 15 is 0 Å². The average molecular weight is 113 g/mol. The van der Waals surface area contributed by atoms with Crippen LogP contribution in [0.3, 0.4) is 0 Å². The average Bonchev–Trinajstić information content (AvgIpc) is 1.64. The van der Waals surface area contributed by atoms with Crippen LogP contribution in [0.2, 0.25) is 0 Å². The zero-order valence-electron chi connectivity index (χ0n) is 4.10. The van der Waals surface area contributed by atoms with Crippen LogP contribution in [0, 0.1) is 0 Å². The fourth-order valence-corrected chi connectivity index (χ4v) is 0.459. The van der Waals surface area contributed by atoms with Gasteiger partial charge in [0.1, 0.15) is 0 Å². The van der Waals surface area contributed by atoms with E-state index in [4.69, 9.17) is 0 Å². The monoisotopic (exact) mass is 113 g/mol. The summed E-state index contributed by atoms with van der Waals surface area (Å²) < 4.78 is 11.9. The van der Waals surface area contributed by atoms with Crippen molar-refractivity contribution in [3.63, 3.8) is 0 Å². The minimum atomic E-state index is -0.693. The lowest BCUT2D eigenvalue weighted by Gasteiger charge is -1.92. The Kier molecular flexibility index (Phi) is 1.20. The van der Waals surface area contributed by atoms with Gasteiger partial charge in [-0.05, 0) is 6.08 Å². The normalized spacial score (nSPS) is 18.6. The molecule has 0 unspecified atom stereocenters. The number of dihydropyridines is 1. The molecule has 0 aromatic rings. The summed E-state index contributed by atoms with van der Waals surface area (Å²) >= 11 is 0. The number of amides is 1. The Hall–Kier alpha value is -0.990. The van der Waals surface area contributed by atoms with E-state index in [0.29, 0.717) is 0 Å². The van der Waals surface area contributed by atoms with Gasteiger partial charge in [0, 0.05) is 6.42 Å². The maximum atomic E-state index is 11.9. The highest BCUT2D eigenvalue weighted by Crippen LogP contribution is 1.97. The number of allylic oxidation sites excluding steroid dienone is 1. The molecule has 0 atom stereocenters. The lowest BCUT2D eigenvalue weighted by Crippen LogP contribution is -1.99. The molecule has 0 saturated carbocycles. The van der Waals surface area contributed by atoms with Gasteiger partial charge in [-0.1, -0.05) is 6.08 Å². The fourth-order valence-electron chi connectivity index (χ4n) is 0.459. The van der Waals surface area contributed by atoms with Gasteiger partial charge >= 0.3 is 0 Å². The van der Waals surface area contributed by atoms with Gasteiger partial charge in [0.2, 0.25) is 5.97 Å². The summed E-state index contributed by atoms with van der Waals surface area (Å²) in [6, 6.07) is 0. The van der Waals surface area contributed by atoms with Crippen LogP contribution in [0.5, 0.6) is 0 Å². The number of carbonyl (C=O) groups is 1. The smallest absolute Gasteiger partial charge is 0.252 e. The van der Waals surface area contributed by atoms with Crippen LogP contribution in [0.25, 0.3) is 0 Å². The first kappa shape index (κ1) is 5.15. The van der Waals surface area contributed by atoms with Crippen LogP contribution in [0.15, 0.2) is 17.1 Å². The summed E-state index contributed by atoms with van der Waals surface area (Å²) in [5.74, 6) is -1.11. The van der Waals surface area contributed by atoms with Crippen molar-refractivity contribution in [3.05, 3.63) is 12.2 Å². The predicted molar refractivity (Wildman–Crippen MR) is 27.3 cm³/mol. The highest BCUT2D eigenvalue weighted by Gasteiger charge is 2.02. The Morgan fingerprint density at radius 2 is 2.50 bits per heavy atom. The van der Waals surface area contributed by atoms with Crippen LogP contribution < -0.4 is 0 Å². The summed E-state index contributed by atoms with van der Waals surface area (Å²) in [5, 5.41) is 0. The van der Waals surface area contributed by atoms with Crippen molar-refractivity contribution in [2.24, 2.45) is 4.99 Å². The van der Waals surface area contributed by atoms with Gasteiger partial charge in [0.15, 0.2) is 0 Å². The van der Waals surface area contributed by atoms with Crippen LogP contribution in [0.4, 0.5) is 4.39 Å². The van der Waals surface area contributed by atoms with E-state index in [1.54, 1.807) is 0 Å². The SMILES string of the molecule is O=C1CC=CC(F)=N1. The summed E-state index contributed by atoms with van der Waals surface area (Å²) in [6.07, 6.45) is 2.86. The molecule has 2 nitrogen and oxygen atoms in total. The molecule has 0 aromatic carbocycles. The number of carbonyl (C=O) groups excluding carboxylic acids is 1. The third kappa shape index (κ3) is 0.992. The maximum absolute atomic E-state index is 11.9. The van der Waals surface area contributed by atoms with Gasteiger partial charge in [-0.2, -0.15) is 9.38 Å². The van der Waals surface area contributed by atoms with Crippen LogP contribution in [-0.4, -0.2) is 11.9 Å². The van der Waals surface area contributed by atoms with Gasteiger partial charge in [-0.15, -0.1) is 0 Å². The molecule has 1 aliphatic heterocycles. The lowest BCUT2D eigenvalue weighted by molar-refractivity contribution is -0.117. The van der Waals surface area contributed by atoms with E-state index in [2.05, 4.69) is 4.99 Å². The summed E-state index contributed by atoms with van der Waals surface area (Å²) in [7, 11) is 0. The summed E-state index contributed by atoms with van der Waals surface area (Å²) in [5.41, 5.74) is 0. The minimum absolute atomic E-state index is 0.230. The molecule has 0 bridgehead atoms. The van der Waals surface area contributed by atoms with E-state index < -0.39 is 11.9 Å². The highest BCUT2D eigenvalue weighted by molar-refractivity contribution is 5.99. The van der Waals surface area contributed by atoms with Crippen LogP contribution in [0.1, 0.15) is 6.42 Å². The predicted octanol–water partition coefficient (Wildman–Crippen LogP) is 0.841. The number of hydrogen-bond donors (Lipinski definition) is 0. The van der Waals surface area contributed by atoms with Crippen molar-refractivity contribution < 1.29 is 9.18 Å². The first-order valence-corrected chi connectivity index (χ1v) is 2.22. The molecule has 0 N–H and O–H groups in total. The second kappa shape index (κ2) is 1.86. The zero-order chi connectivity index (χ0) is 5.98. The van der Waals surface area contributed by atoms with Gasteiger partial charge in [-0.3, -0.25) is 4.79 Å². The largest absolute Gasteiger partial charge is 0.272 e. The zero-order valence-corrected chi connectivity index (χ0v) is 4.10. The van der Waals surface area contributed by atoms with Crippen molar-refractivity contribution in [1.82, 2.24) is 0 Å². The molecule has 1 aliphatic rings. The fraction of sp³-hybridized carbons (Fsp3) is 0.200. The standard InChI is InChI=1S/C5H4FNO/c6-4-2-1-3-5(8)7-4/h1-2H,3H2. The molecule has 0 fully saturated rings. The Labute approximate surface area is 45.7 Å². The first-order chi connectivity index (χ1) is 3.79. The molecule has 42 valence electrons. The second-order valence-corrected chi connectivity index (χ2v) is 1.43. The topological polar surface area (TPSA) is 29.4 Å². The van der Waals surface area contributed by atoms with Crippen molar-refractivity contribution in [2.75, 3.05) is 0 Å². The number of aliphatic imine (C=N–C) groups is 1. The molecular weight excluding hydrogens is 109 g/mol. The van der Waals surface area contributed by atoms with E-state index in [1.807, 2.05) is 0 Å². The first-order valence-electron chi connectivity index (χ1n) is 2.22. The molecule has 0 saturated heterocycles. The molecule has 1 amide bonds. The quantitative estimate of drug-likeness (QED) is 0.457. The minimum Gasteiger partial charge on any atom is -0.272 e. The van der Waals surface area contributed by atoms with Gasteiger partial charge < -0.3 is 0 Å². The Bertz CT molecular complexity index is 171. The number of rotatable bonds is 0. The summed E-state index contributed by atoms with van der Waals surface area (Å²) in [6.45, 7) is 0. The third-order valence-electron chi connectivity index (χ3n) is 0.779. The van der Waals surface area contributed by atoms with E-state index in [9.17, 15) is 9.18 Å². The lowest BCUT2D eigenvalue weighted by atomic mass is 10.3. The molecule has 3 heteroatoms. The van der Waals surface area contributed by atoms with Crippen LogP contribution >= 0.6 is 0 Å². The molecule has 0 aliphatic carbocycles. The van der Waals surface area contributed by atoms with Crippen molar-refractivity contribution in [2.45, 2.75) is 6.42 Å². The van der Waals surface area contributed by atoms with Gasteiger partial charge in [0.25, 0.3) is 5.91 Å². The maximum Gasteiger partial charge on any atom is 0.252 e. The van der Waals surface area contributed by atoms with E-state index in [1.165, 1.54) is 12.2 Å². The Morgan fingerprint density at radius 1 is 1.75 bits per heavy atom. The van der Waals surface area contributed by atoms with Crippen LogP contribution in [-0.2, 0) is 4.79 Å². The molecule has 0 spiro atoms. The number of hydrogen-bond acceptors (Lipinski definition) is 1. The Balaban J connectivity index is 2.77. The number of nitrogens with zero attached hydrogens (tertiary/aromatic N) is 1. The molecule has 0 radical (unpaired) electrons. The molecule has 1 heterocycles.